The molecule has 5 heteroatoms. The van der Waals surface area contributed by atoms with Gasteiger partial charge in [0.15, 0.2) is 0 Å². The van der Waals surface area contributed by atoms with Gasteiger partial charge in [-0.15, -0.1) is 0 Å². The lowest BCUT2D eigenvalue weighted by Gasteiger charge is -2.38. The van der Waals surface area contributed by atoms with Gasteiger partial charge in [-0.2, -0.15) is 0 Å². The van der Waals surface area contributed by atoms with E-state index in [9.17, 15) is 8.42 Å². The summed E-state index contributed by atoms with van der Waals surface area (Å²) in [6.07, 6.45) is 5.45. The summed E-state index contributed by atoms with van der Waals surface area (Å²) in [6, 6.07) is 28.1. The predicted octanol–water partition coefficient (Wildman–Crippen LogP) is 7.76. The molecule has 6 rings (SSSR count). The first-order valence-corrected chi connectivity index (χ1v) is 14.4. The van der Waals surface area contributed by atoms with Gasteiger partial charge < -0.3 is 5.32 Å². The Hall–Kier alpha value is -3.57. The van der Waals surface area contributed by atoms with E-state index in [1.807, 2.05) is 54.6 Å². The minimum absolute atomic E-state index is 0.116. The molecule has 4 aromatic rings. The van der Waals surface area contributed by atoms with Crippen molar-refractivity contribution in [3.63, 3.8) is 0 Å². The van der Waals surface area contributed by atoms with Crippen LogP contribution in [0.15, 0.2) is 102 Å². The van der Waals surface area contributed by atoms with E-state index >= 15 is 0 Å². The molecule has 4 aromatic carbocycles. The molecule has 37 heavy (non-hydrogen) atoms. The number of hydrogen-bond donors (Lipinski definition) is 2. The van der Waals surface area contributed by atoms with E-state index in [0.29, 0.717) is 11.6 Å². The third-order valence-corrected chi connectivity index (χ3v) is 9.18. The maximum Gasteiger partial charge on any atom is 0.261 e. The zero-order chi connectivity index (χ0) is 25.8. The smallest absolute Gasteiger partial charge is 0.261 e. The number of sulfonamides is 1. The lowest BCUT2D eigenvalue weighted by Crippen LogP contribution is -2.29. The highest BCUT2D eigenvalue weighted by Gasteiger charge is 2.38. The highest BCUT2D eigenvalue weighted by atomic mass is 32.2. The van der Waals surface area contributed by atoms with Crippen LogP contribution in [0.2, 0.25) is 0 Å². The van der Waals surface area contributed by atoms with Crippen LogP contribution in [-0.2, 0) is 15.4 Å². The molecule has 0 radical (unpaired) electrons. The molecule has 0 fully saturated rings. The van der Waals surface area contributed by atoms with Crippen LogP contribution in [0.4, 0.5) is 11.4 Å². The van der Waals surface area contributed by atoms with Gasteiger partial charge in [-0.25, -0.2) is 8.42 Å². The van der Waals surface area contributed by atoms with Gasteiger partial charge in [-0.1, -0.05) is 93.6 Å². The summed E-state index contributed by atoms with van der Waals surface area (Å²) in [5.41, 5.74) is 5.34. The molecule has 0 spiro atoms. The quantitative estimate of drug-likeness (QED) is 0.277. The lowest BCUT2D eigenvalue weighted by molar-refractivity contribution is 0.425. The summed E-state index contributed by atoms with van der Waals surface area (Å²) >= 11 is 0. The predicted molar refractivity (Wildman–Crippen MR) is 153 cm³/mol. The fraction of sp³-hybridized carbons (Fsp3) is 0.250. The van der Waals surface area contributed by atoms with Crippen molar-refractivity contribution in [1.82, 2.24) is 0 Å². The average molecular weight is 509 g/mol. The Morgan fingerprint density at radius 2 is 1.65 bits per heavy atom. The SMILES string of the molecule is CC(C)(C)c1ccc([C@H]2Nc3ccc(S(=O)(=O)Nc4cccc5ccccc45)cc3[C@H]3C=CC[C@H]32)cc1. The Morgan fingerprint density at radius 1 is 0.892 bits per heavy atom. The summed E-state index contributed by atoms with van der Waals surface area (Å²) in [6.45, 7) is 6.69. The van der Waals surface area contributed by atoms with Gasteiger partial charge >= 0.3 is 0 Å². The fourth-order valence-electron chi connectivity index (χ4n) is 5.78. The molecule has 1 aliphatic heterocycles. The number of benzene rings is 4. The third-order valence-electron chi connectivity index (χ3n) is 7.81. The highest BCUT2D eigenvalue weighted by Crippen LogP contribution is 2.50. The highest BCUT2D eigenvalue weighted by molar-refractivity contribution is 7.92. The first-order chi connectivity index (χ1) is 17.7. The summed E-state index contributed by atoms with van der Waals surface area (Å²) in [4.78, 5) is 0.285. The summed E-state index contributed by atoms with van der Waals surface area (Å²) in [7, 11) is -3.75. The molecule has 0 saturated heterocycles. The van der Waals surface area contributed by atoms with Crippen LogP contribution in [0.25, 0.3) is 10.8 Å². The molecule has 0 aromatic heterocycles. The van der Waals surface area contributed by atoms with Crippen LogP contribution in [0.5, 0.6) is 0 Å². The molecule has 0 bridgehead atoms. The van der Waals surface area contributed by atoms with Gasteiger partial charge in [0.2, 0.25) is 0 Å². The second-order valence-corrected chi connectivity index (χ2v) is 12.9. The van der Waals surface area contributed by atoms with E-state index < -0.39 is 10.0 Å². The number of rotatable bonds is 4. The number of allylic oxidation sites excluding steroid dienone is 2. The van der Waals surface area contributed by atoms with Crippen LogP contribution >= 0.6 is 0 Å². The van der Waals surface area contributed by atoms with Crippen molar-refractivity contribution < 1.29 is 8.42 Å². The Labute approximate surface area is 219 Å². The largest absolute Gasteiger partial charge is 0.378 e. The van der Waals surface area contributed by atoms with Gasteiger partial charge in [0.25, 0.3) is 10.0 Å². The number of hydrogen-bond acceptors (Lipinski definition) is 3. The van der Waals surface area contributed by atoms with E-state index in [4.69, 9.17) is 0 Å². The minimum Gasteiger partial charge on any atom is -0.378 e. The zero-order valence-electron chi connectivity index (χ0n) is 21.4. The molecule has 2 N–H and O–H groups in total. The van der Waals surface area contributed by atoms with Crippen LogP contribution in [0.1, 0.15) is 55.8 Å². The first-order valence-electron chi connectivity index (χ1n) is 12.9. The number of fused-ring (bicyclic) bond motifs is 4. The van der Waals surface area contributed by atoms with Gasteiger partial charge in [0.05, 0.1) is 16.6 Å². The van der Waals surface area contributed by atoms with Gasteiger partial charge in [-0.3, -0.25) is 4.72 Å². The van der Waals surface area contributed by atoms with Crippen LogP contribution in [0, 0.1) is 5.92 Å². The van der Waals surface area contributed by atoms with E-state index in [1.165, 1.54) is 11.1 Å². The molecule has 2 aliphatic rings. The Balaban J connectivity index is 1.32. The molecule has 0 unspecified atom stereocenters. The van der Waals surface area contributed by atoms with Crippen molar-refractivity contribution in [3.05, 3.63) is 114 Å². The minimum atomic E-state index is -3.75. The first kappa shape index (κ1) is 23.8. The van der Waals surface area contributed by atoms with Crippen LogP contribution in [0.3, 0.4) is 0 Å². The molecule has 0 saturated carbocycles. The second kappa shape index (κ2) is 8.77. The summed E-state index contributed by atoms with van der Waals surface area (Å²) < 4.78 is 29.8. The van der Waals surface area contributed by atoms with Crippen molar-refractivity contribution in [2.45, 2.75) is 49.5 Å². The summed E-state index contributed by atoms with van der Waals surface area (Å²) in [5.74, 6) is 0.521. The van der Waals surface area contributed by atoms with E-state index in [2.05, 4.69) is 67.2 Å². The van der Waals surface area contributed by atoms with Crippen molar-refractivity contribution in [2.24, 2.45) is 5.92 Å². The molecule has 188 valence electrons. The maximum atomic E-state index is 13.5. The van der Waals surface area contributed by atoms with Crippen LogP contribution in [-0.4, -0.2) is 8.42 Å². The Bertz CT molecular complexity index is 1610. The number of nitrogens with one attached hydrogen (secondary N) is 2. The van der Waals surface area contributed by atoms with Crippen LogP contribution < -0.4 is 10.0 Å². The zero-order valence-corrected chi connectivity index (χ0v) is 22.2. The van der Waals surface area contributed by atoms with Crippen molar-refractivity contribution >= 4 is 32.2 Å². The van der Waals surface area contributed by atoms with Gasteiger partial charge in [0.1, 0.15) is 0 Å². The van der Waals surface area contributed by atoms with Crippen molar-refractivity contribution in [1.29, 1.82) is 0 Å². The Kier molecular flexibility index (Phi) is 5.64. The molecule has 3 atom stereocenters. The monoisotopic (exact) mass is 508 g/mol. The molecule has 1 aliphatic carbocycles. The van der Waals surface area contributed by atoms with Crippen molar-refractivity contribution in [3.8, 4) is 0 Å². The molecule has 0 amide bonds. The van der Waals surface area contributed by atoms with Gasteiger partial charge in [-0.05, 0) is 64.1 Å². The van der Waals surface area contributed by atoms with E-state index in [1.54, 1.807) is 6.07 Å². The standard InChI is InChI=1S/C32H32N2O2S/c1-32(2,3)23-16-14-22(15-17-23)31-27-12-7-11-26(27)28-20-24(18-19-29(28)33-31)37(35,36)34-30-13-6-9-21-8-4-5-10-25(21)30/h4-11,13-20,26-27,31,33-34H,12H2,1-3H3/t26-,27+,31+/m0/s1. The van der Waals surface area contributed by atoms with Crippen molar-refractivity contribution in [2.75, 3.05) is 10.0 Å². The van der Waals surface area contributed by atoms with Gasteiger partial charge in [0, 0.05) is 17.0 Å². The molecular formula is C32H32N2O2S. The Morgan fingerprint density at radius 3 is 2.43 bits per heavy atom. The lowest BCUT2D eigenvalue weighted by atomic mass is 9.76. The fourth-order valence-corrected chi connectivity index (χ4v) is 6.89. The maximum absolute atomic E-state index is 13.5. The molecule has 4 nitrogen and oxygen atoms in total. The molecular weight excluding hydrogens is 476 g/mol. The third kappa shape index (κ3) is 4.31. The molecule has 1 heterocycles. The topological polar surface area (TPSA) is 58.2 Å². The van der Waals surface area contributed by atoms with E-state index in [-0.39, 0.29) is 22.3 Å². The normalized spacial score (nSPS) is 20.8. The van der Waals surface area contributed by atoms with E-state index in [0.717, 1.165) is 28.4 Å². The number of anilines is 2. The summed E-state index contributed by atoms with van der Waals surface area (Å²) in [5, 5.41) is 5.62. The average Bonchev–Trinajstić information content (AvgIpc) is 3.38. The second-order valence-electron chi connectivity index (χ2n) is 11.2.